The lowest BCUT2D eigenvalue weighted by atomic mass is 9.75. The van der Waals surface area contributed by atoms with Crippen LogP contribution in [0.25, 0.3) is 0 Å². The van der Waals surface area contributed by atoms with Crippen LogP contribution >= 0.6 is 0 Å². The molecule has 2 aliphatic heterocycles. The first-order valence-electron chi connectivity index (χ1n) is 10.6. The fourth-order valence-electron chi connectivity index (χ4n) is 4.93. The van der Waals surface area contributed by atoms with Crippen molar-refractivity contribution >= 4 is 11.8 Å². The van der Waals surface area contributed by atoms with Crippen LogP contribution in [0.4, 0.5) is 0 Å². The number of furan rings is 1. The van der Waals surface area contributed by atoms with Crippen LogP contribution in [0.2, 0.25) is 0 Å². The third kappa shape index (κ3) is 3.07. The molecule has 1 saturated carbocycles. The molecule has 0 bridgehead atoms. The number of rotatable bonds is 5. The minimum atomic E-state index is -0.576. The van der Waals surface area contributed by atoms with Gasteiger partial charge in [0.25, 0.3) is 5.91 Å². The summed E-state index contributed by atoms with van der Waals surface area (Å²) in [6, 6.07) is 3.71. The van der Waals surface area contributed by atoms with Gasteiger partial charge in [-0.25, -0.2) is 4.98 Å². The number of nitrogens with zero attached hydrogens (tertiary/aromatic N) is 4. The molecule has 1 spiro atoms. The molecule has 3 aliphatic rings. The molecule has 5 rings (SSSR count). The first-order valence-corrected chi connectivity index (χ1v) is 10.6. The van der Waals surface area contributed by atoms with Crippen molar-refractivity contribution in [1.29, 1.82) is 0 Å². The van der Waals surface area contributed by atoms with Gasteiger partial charge in [-0.05, 0) is 51.2 Å². The molecule has 29 heavy (non-hydrogen) atoms. The topological polar surface area (TPSA) is 71.6 Å². The highest BCUT2D eigenvalue weighted by Gasteiger charge is 2.59. The van der Waals surface area contributed by atoms with E-state index in [-0.39, 0.29) is 17.7 Å². The summed E-state index contributed by atoms with van der Waals surface area (Å²) in [6.45, 7) is 6.80. The lowest BCUT2D eigenvalue weighted by molar-refractivity contribution is -0.136. The van der Waals surface area contributed by atoms with E-state index >= 15 is 0 Å². The molecule has 4 heterocycles. The molecular formula is C22H28N4O3. The summed E-state index contributed by atoms with van der Waals surface area (Å²) in [5.74, 6) is 0.957. The Bertz CT molecular complexity index is 914. The summed E-state index contributed by atoms with van der Waals surface area (Å²) in [4.78, 5) is 35.1. The average Bonchev–Trinajstić information content (AvgIpc) is 3.16. The Kier molecular flexibility index (Phi) is 4.29. The standard InChI is InChI=1S/C22H28N4O3/c1-15(2)26-12-18(23-14-26)17-11-25(20(27)19-4-3-9-29-19)13-22(17)7-8-24(21(22)28)10-16-5-6-16/h3-4,9,12,14-17H,5-8,10-11,13H2,1-2H3. The molecule has 7 nitrogen and oxygen atoms in total. The van der Waals surface area contributed by atoms with Gasteiger partial charge in [-0.2, -0.15) is 0 Å². The van der Waals surface area contributed by atoms with Gasteiger partial charge in [-0.3, -0.25) is 9.59 Å². The Morgan fingerprint density at radius 3 is 2.86 bits per heavy atom. The lowest BCUT2D eigenvalue weighted by Gasteiger charge is -2.27. The molecule has 7 heteroatoms. The van der Waals surface area contributed by atoms with Gasteiger partial charge in [0.05, 0.1) is 23.7 Å². The summed E-state index contributed by atoms with van der Waals surface area (Å²) < 4.78 is 7.41. The minimum Gasteiger partial charge on any atom is -0.459 e. The third-order valence-corrected chi connectivity index (χ3v) is 6.85. The highest BCUT2D eigenvalue weighted by atomic mass is 16.3. The van der Waals surface area contributed by atoms with Crippen molar-refractivity contribution in [2.75, 3.05) is 26.2 Å². The molecule has 2 unspecified atom stereocenters. The first-order chi connectivity index (χ1) is 14.0. The van der Waals surface area contributed by atoms with Crippen molar-refractivity contribution in [2.24, 2.45) is 11.3 Å². The van der Waals surface area contributed by atoms with Gasteiger partial charge in [-0.1, -0.05) is 0 Å². The van der Waals surface area contributed by atoms with Crippen molar-refractivity contribution in [3.05, 3.63) is 42.4 Å². The molecule has 2 amide bonds. The Morgan fingerprint density at radius 1 is 1.38 bits per heavy atom. The maximum absolute atomic E-state index is 13.6. The lowest BCUT2D eigenvalue weighted by Crippen LogP contribution is -2.41. The van der Waals surface area contributed by atoms with Crippen molar-refractivity contribution in [3.8, 4) is 0 Å². The number of likely N-dealkylation sites (tertiary alicyclic amines) is 2. The zero-order chi connectivity index (χ0) is 20.2. The van der Waals surface area contributed by atoms with E-state index in [1.165, 1.54) is 19.1 Å². The second-order valence-corrected chi connectivity index (χ2v) is 9.16. The number of hydrogen-bond acceptors (Lipinski definition) is 4. The maximum atomic E-state index is 13.6. The normalized spacial score (nSPS) is 27.0. The summed E-state index contributed by atoms with van der Waals surface area (Å²) in [6.07, 6.45) is 8.63. The van der Waals surface area contributed by atoms with Gasteiger partial charge in [0.2, 0.25) is 5.91 Å². The van der Waals surface area contributed by atoms with Crippen LogP contribution in [-0.4, -0.2) is 57.3 Å². The molecule has 2 aromatic rings. The molecule has 3 fully saturated rings. The highest BCUT2D eigenvalue weighted by molar-refractivity contribution is 5.94. The van der Waals surface area contributed by atoms with E-state index in [9.17, 15) is 9.59 Å². The zero-order valence-electron chi connectivity index (χ0n) is 17.1. The Hall–Kier alpha value is -2.57. The van der Waals surface area contributed by atoms with Crippen molar-refractivity contribution in [2.45, 2.75) is 45.1 Å². The molecule has 2 atom stereocenters. The summed E-state index contributed by atoms with van der Waals surface area (Å²) >= 11 is 0. The molecule has 0 aromatic carbocycles. The number of carbonyl (C=O) groups is 2. The minimum absolute atomic E-state index is 0.0851. The Morgan fingerprint density at radius 2 is 2.21 bits per heavy atom. The molecule has 154 valence electrons. The second-order valence-electron chi connectivity index (χ2n) is 9.16. The zero-order valence-corrected chi connectivity index (χ0v) is 17.1. The fraction of sp³-hybridized carbons (Fsp3) is 0.591. The fourth-order valence-corrected chi connectivity index (χ4v) is 4.93. The van der Waals surface area contributed by atoms with Crippen LogP contribution in [0.5, 0.6) is 0 Å². The van der Waals surface area contributed by atoms with Crippen LogP contribution in [-0.2, 0) is 4.79 Å². The van der Waals surface area contributed by atoms with Crippen LogP contribution in [0.1, 0.15) is 61.3 Å². The summed E-state index contributed by atoms with van der Waals surface area (Å²) in [5.41, 5.74) is 0.336. The van der Waals surface area contributed by atoms with E-state index in [1.807, 2.05) is 11.2 Å². The predicted molar refractivity (Wildman–Crippen MR) is 106 cm³/mol. The van der Waals surface area contributed by atoms with Gasteiger partial charge in [0, 0.05) is 44.3 Å². The van der Waals surface area contributed by atoms with E-state index in [4.69, 9.17) is 4.42 Å². The van der Waals surface area contributed by atoms with E-state index < -0.39 is 5.41 Å². The Balaban J connectivity index is 1.47. The van der Waals surface area contributed by atoms with Gasteiger partial charge >= 0.3 is 0 Å². The number of amides is 2. The van der Waals surface area contributed by atoms with Gasteiger partial charge in [0.15, 0.2) is 5.76 Å². The molecule has 1 aliphatic carbocycles. The summed E-state index contributed by atoms with van der Waals surface area (Å²) in [5, 5.41) is 0. The highest BCUT2D eigenvalue weighted by Crippen LogP contribution is 2.50. The van der Waals surface area contributed by atoms with Crippen molar-refractivity contribution in [1.82, 2.24) is 19.4 Å². The molecule has 0 N–H and O–H groups in total. The number of aromatic nitrogens is 2. The van der Waals surface area contributed by atoms with Crippen LogP contribution in [0.15, 0.2) is 35.3 Å². The van der Waals surface area contributed by atoms with E-state index in [0.717, 1.165) is 25.2 Å². The second kappa shape index (κ2) is 6.75. The third-order valence-electron chi connectivity index (χ3n) is 6.85. The largest absolute Gasteiger partial charge is 0.459 e. The van der Waals surface area contributed by atoms with Crippen LogP contribution in [0, 0.1) is 11.3 Å². The van der Waals surface area contributed by atoms with E-state index in [1.54, 1.807) is 17.0 Å². The van der Waals surface area contributed by atoms with Gasteiger partial charge in [0.1, 0.15) is 0 Å². The number of hydrogen-bond donors (Lipinski definition) is 0. The van der Waals surface area contributed by atoms with Gasteiger partial charge < -0.3 is 18.8 Å². The molecule has 2 saturated heterocycles. The predicted octanol–water partition coefficient (Wildman–Crippen LogP) is 2.93. The summed E-state index contributed by atoms with van der Waals surface area (Å²) in [7, 11) is 0. The smallest absolute Gasteiger partial charge is 0.289 e. The number of carbonyl (C=O) groups excluding carboxylic acids is 2. The van der Waals surface area contributed by atoms with E-state index in [0.29, 0.717) is 30.8 Å². The van der Waals surface area contributed by atoms with Crippen LogP contribution in [0.3, 0.4) is 0 Å². The van der Waals surface area contributed by atoms with Crippen molar-refractivity contribution in [3.63, 3.8) is 0 Å². The monoisotopic (exact) mass is 396 g/mol. The van der Waals surface area contributed by atoms with Crippen molar-refractivity contribution < 1.29 is 14.0 Å². The first kappa shape index (κ1) is 18.5. The number of imidazole rings is 1. The van der Waals surface area contributed by atoms with E-state index in [2.05, 4.69) is 29.6 Å². The molecular weight excluding hydrogens is 368 g/mol. The quantitative estimate of drug-likeness (QED) is 0.779. The maximum Gasteiger partial charge on any atom is 0.289 e. The SMILES string of the molecule is CC(C)n1cnc(C2CN(C(=O)c3ccco3)CC23CCN(CC2CC2)C3=O)c1. The van der Waals surface area contributed by atoms with Gasteiger partial charge in [-0.15, -0.1) is 0 Å². The molecule has 0 radical (unpaired) electrons. The molecule has 2 aromatic heterocycles. The average molecular weight is 396 g/mol. The van der Waals surface area contributed by atoms with Crippen LogP contribution < -0.4 is 0 Å². The Labute approximate surface area is 170 Å².